The number of aromatic hydroxyl groups is 1. The second-order valence-electron chi connectivity index (χ2n) is 4.54. The summed E-state index contributed by atoms with van der Waals surface area (Å²) < 4.78 is 44.7. The van der Waals surface area contributed by atoms with Crippen LogP contribution >= 0.6 is 0 Å². The molecule has 0 aliphatic heterocycles. The molecule has 0 aliphatic carbocycles. The van der Waals surface area contributed by atoms with Crippen LogP contribution in [0.15, 0.2) is 30.3 Å². The molecule has 2 aromatic carbocycles. The summed E-state index contributed by atoms with van der Waals surface area (Å²) >= 11 is 0. The van der Waals surface area contributed by atoms with Crippen LogP contribution in [-0.2, 0) is 0 Å². The minimum Gasteiger partial charge on any atom is -0.508 e. The molecule has 0 saturated heterocycles. The molecule has 3 nitrogen and oxygen atoms in total. The highest BCUT2D eigenvalue weighted by Gasteiger charge is 2.15. The minimum atomic E-state index is -1.25. The molecule has 0 aliphatic rings. The molecule has 2 N–H and O–H groups in total. The van der Waals surface area contributed by atoms with Gasteiger partial charge in [0.1, 0.15) is 17.3 Å². The smallest absolute Gasteiger partial charge is 0.161 e. The normalized spacial score (nSPS) is 12.0. The molecule has 0 heterocycles. The third-order valence-corrected chi connectivity index (χ3v) is 3.08. The van der Waals surface area contributed by atoms with Crippen LogP contribution in [0, 0.1) is 17.5 Å². The van der Waals surface area contributed by atoms with Gasteiger partial charge in [-0.3, -0.25) is 0 Å². The molecule has 0 amide bonds. The number of phenolic OH excluding ortho intramolecular Hbond substituents is 1. The van der Waals surface area contributed by atoms with Gasteiger partial charge in [0.15, 0.2) is 11.6 Å². The fraction of sp³-hybridized carbons (Fsp3) is 0.200. The topological polar surface area (TPSA) is 41.5 Å². The standard InChI is InChI=1S/C15H14F3NO2/c1-8(10-5-9(21-2)3-4-15(10)20)19-14-7-12(17)11(16)6-13(14)18/h3-8,19-20H,1-2H3. The first-order valence-electron chi connectivity index (χ1n) is 6.20. The third-order valence-electron chi connectivity index (χ3n) is 3.08. The summed E-state index contributed by atoms with van der Waals surface area (Å²) in [6, 6.07) is 5.25. The van der Waals surface area contributed by atoms with Gasteiger partial charge >= 0.3 is 0 Å². The van der Waals surface area contributed by atoms with Gasteiger partial charge in [-0.1, -0.05) is 0 Å². The Hall–Kier alpha value is -2.37. The zero-order valence-electron chi connectivity index (χ0n) is 11.5. The Morgan fingerprint density at radius 3 is 2.38 bits per heavy atom. The summed E-state index contributed by atoms with van der Waals surface area (Å²) in [6.07, 6.45) is 0. The molecule has 0 saturated carbocycles. The van der Waals surface area contributed by atoms with E-state index in [1.54, 1.807) is 19.1 Å². The first-order chi connectivity index (χ1) is 9.92. The van der Waals surface area contributed by atoms with Crippen LogP contribution in [0.3, 0.4) is 0 Å². The Bertz CT molecular complexity index is 662. The second kappa shape index (κ2) is 5.95. The van der Waals surface area contributed by atoms with Gasteiger partial charge in [-0.2, -0.15) is 0 Å². The van der Waals surface area contributed by atoms with Crippen LogP contribution in [0.4, 0.5) is 18.9 Å². The van der Waals surface area contributed by atoms with Gasteiger partial charge < -0.3 is 15.2 Å². The predicted octanol–water partition coefficient (Wildman–Crippen LogP) is 3.99. The number of rotatable bonds is 4. The summed E-state index contributed by atoms with van der Waals surface area (Å²) in [4.78, 5) is 0. The van der Waals surface area contributed by atoms with E-state index in [4.69, 9.17) is 4.74 Å². The van der Waals surface area contributed by atoms with Gasteiger partial charge in [0, 0.05) is 17.7 Å². The highest BCUT2D eigenvalue weighted by molar-refractivity contribution is 5.50. The minimum absolute atomic E-state index is 0.0150. The van der Waals surface area contributed by atoms with Crippen molar-refractivity contribution >= 4 is 5.69 Å². The number of hydrogen-bond donors (Lipinski definition) is 2. The average Bonchev–Trinajstić information content (AvgIpc) is 2.45. The number of benzene rings is 2. The molecule has 1 unspecified atom stereocenters. The van der Waals surface area contributed by atoms with Crippen molar-refractivity contribution in [2.75, 3.05) is 12.4 Å². The van der Waals surface area contributed by atoms with Gasteiger partial charge in [-0.15, -0.1) is 0 Å². The fourth-order valence-electron chi connectivity index (χ4n) is 1.95. The van der Waals surface area contributed by atoms with Crippen molar-refractivity contribution < 1.29 is 23.0 Å². The van der Waals surface area contributed by atoms with Crippen molar-refractivity contribution in [3.05, 3.63) is 53.3 Å². The van der Waals surface area contributed by atoms with Crippen molar-refractivity contribution in [3.63, 3.8) is 0 Å². The number of nitrogens with one attached hydrogen (secondary N) is 1. The Balaban J connectivity index is 2.30. The van der Waals surface area contributed by atoms with E-state index in [0.717, 1.165) is 6.07 Å². The lowest BCUT2D eigenvalue weighted by atomic mass is 10.1. The molecule has 0 fully saturated rings. The van der Waals surface area contributed by atoms with E-state index in [-0.39, 0.29) is 11.4 Å². The largest absolute Gasteiger partial charge is 0.508 e. The summed E-state index contributed by atoms with van der Waals surface area (Å²) in [5.74, 6) is -2.82. The molecule has 0 bridgehead atoms. The summed E-state index contributed by atoms with van der Waals surface area (Å²) in [6.45, 7) is 1.65. The first-order valence-corrected chi connectivity index (χ1v) is 6.20. The molecule has 112 valence electrons. The number of ether oxygens (including phenoxy) is 1. The Kier molecular flexibility index (Phi) is 4.26. The zero-order valence-corrected chi connectivity index (χ0v) is 11.5. The van der Waals surface area contributed by atoms with Crippen molar-refractivity contribution in [3.8, 4) is 11.5 Å². The molecule has 2 aromatic rings. The van der Waals surface area contributed by atoms with Crippen molar-refractivity contribution in [2.45, 2.75) is 13.0 Å². The second-order valence-corrected chi connectivity index (χ2v) is 4.54. The summed E-state index contributed by atoms with van der Waals surface area (Å²) in [7, 11) is 1.48. The molecule has 2 rings (SSSR count). The van der Waals surface area contributed by atoms with E-state index in [0.29, 0.717) is 17.4 Å². The molecule has 21 heavy (non-hydrogen) atoms. The zero-order chi connectivity index (χ0) is 15.6. The van der Waals surface area contributed by atoms with Gasteiger partial charge in [-0.05, 0) is 25.1 Å². The Labute approximate surface area is 120 Å². The number of anilines is 1. The summed E-state index contributed by atoms with van der Waals surface area (Å²) in [5.41, 5.74) is 0.252. The highest BCUT2D eigenvalue weighted by Crippen LogP contribution is 2.31. The van der Waals surface area contributed by atoms with Crippen LogP contribution in [0.5, 0.6) is 11.5 Å². The van der Waals surface area contributed by atoms with E-state index in [1.807, 2.05) is 0 Å². The maximum atomic E-state index is 13.6. The van der Waals surface area contributed by atoms with E-state index >= 15 is 0 Å². The quantitative estimate of drug-likeness (QED) is 0.838. The molecule has 0 aromatic heterocycles. The maximum absolute atomic E-state index is 13.6. The van der Waals surface area contributed by atoms with E-state index < -0.39 is 23.5 Å². The Morgan fingerprint density at radius 1 is 1.05 bits per heavy atom. The lowest BCUT2D eigenvalue weighted by molar-refractivity contribution is 0.410. The van der Waals surface area contributed by atoms with Gasteiger partial charge in [0.2, 0.25) is 0 Å². The van der Waals surface area contributed by atoms with Crippen LogP contribution < -0.4 is 10.1 Å². The van der Waals surface area contributed by atoms with Crippen molar-refractivity contribution in [1.29, 1.82) is 0 Å². The van der Waals surface area contributed by atoms with Gasteiger partial charge in [0.25, 0.3) is 0 Å². The SMILES string of the molecule is COc1ccc(O)c(C(C)Nc2cc(F)c(F)cc2F)c1. The number of phenols is 1. The van der Waals surface area contributed by atoms with Crippen LogP contribution in [0.2, 0.25) is 0 Å². The molecule has 0 radical (unpaired) electrons. The van der Waals surface area contributed by atoms with Crippen molar-refractivity contribution in [2.24, 2.45) is 0 Å². The van der Waals surface area contributed by atoms with Gasteiger partial charge in [-0.25, -0.2) is 13.2 Å². The molecule has 0 spiro atoms. The van der Waals surface area contributed by atoms with E-state index in [1.165, 1.54) is 13.2 Å². The molecule has 1 atom stereocenters. The van der Waals surface area contributed by atoms with Gasteiger partial charge in [0.05, 0.1) is 18.8 Å². The van der Waals surface area contributed by atoms with Crippen LogP contribution in [-0.4, -0.2) is 12.2 Å². The van der Waals surface area contributed by atoms with Crippen LogP contribution in [0.1, 0.15) is 18.5 Å². The molecule has 6 heteroatoms. The average molecular weight is 297 g/mol. The van der Waals surface area contributed by atoms with E-state index in [9.17, 15) is 18.3 Å². The number of halogens is 3. The monoisotopic (exact) mass is 297 g/mol. The highest BCUT2D eigenvalue weighted by atomic mass is 19.2. The number of hydrogen-bond acceptors (Lipinski definition) is 3. The number of methoxy groups -OCH3 is 1. The fourth-order valence-corrected chi connectivity index (χ4v) is 1.95. The lowest BCUT2D eigenvalue weighted by Gasteiger charge is -2.18. The molecular weight excluding hydrogens is 283 g/mol. The Morgan fingerprint density at radius 2 is 1.71 bits per heavy atom. The summed E-state index contributed by atoms with van der Waals surface area (Å²) in [5, 5.41) is 12.5. The maximum Gasteiger partial charge on any atom is 0.161 e. The van der Waals surface area contributed by atoms with Crippen molar-refractivity contribution in [1.82, 2.24) is 0 Å². The van der Waals surface area contributed by atoms with E-state index in [2.05, 4.69) is 5.32 Å². The third kappa shape index (κ3) is 3.21. The van der Waals surface area contributed by atoms with Crippen LogP contribution in [0.25, 0.3) is 0 Å². The molecular formula is C15H14F3NO2. The predicted molar refractivity (Wildman–Crippen MR) is 73.0 cm³/mol. The first kappa shape index (κ1) is 15.0. The lowest BCUT2D eigenvalue weighted by Crippen LogP contribution is -2.09.